The molecule has 8 saturated carbocycles. The minimum absolute atomic E-state index is 0.0185. The van der Waals surface area contributed by atoms with E-state index in [1.165, 1.54) is 25.7 Å². The van der Waals surface area contributed by atoms with Crippen molar-refractivity contribution in [2.45, 2.75) is 171 Å². The smallest absolute Gasteiger partial charge is 0.312 e. The monoisotopic (exact) mass is 693 g/mol. The summed E-state index contributed by atoms with van der Waals surface area (Å²) in [7, 11) is 0. The highest BCUT2D eigenvalue weighted by Crippen LogP contribution is 2.74. The number of fused-ring (bicyclic) bond motifs is 6. The molecule has 0 N–H and O–H groups in total. The van der Waals surface area contributed by atoms with Crippen LogP contribution >= 0.6 is 0 Å². The summed E-state index contributed by atoms with van der Waals surface area (Å²) >= 11 is 0. The lowest BCUT2D eigenvalue weighted by Crippen LogP contribution is -2.58. The molecular weight excluding hydrogens is 624 g/mol. The number of carbonyl (C=O) groups is 4. The number of ketones is 2. The van der Waals surface area contributed by atoms with E-state index in [1.54, 1.807) is 0 Å². The van der Waals surface area contributed by atoms with Gasteiger partial charge in [-0.2, -0.15) is 0 Å². The fourth-order valence-corrected chi connectivity index (χ4v) is 16.1. The Labute approximate surface area is 302 Å². The van der Waals surface area contributed by atoms with E-state index < -0.39 is 0 Å². The molecule has 8 fully saturated rings. The molecule has 0 radical (unpaired) electrons. The van der Waals surface area contributed by atoms with E-state index in [9.17, 15) is 19.2 Å². The molecule has 6 nitrogen and oxygen atoms in total. The lowest BCUT2D eigenvalue weighted by Gasteiger charge is -2.63. The fraction of sp³-hybridized carbons (Fsp3) is 0.909. The highest BCUT2D eigenvalue weighted by atomic mass is 16.5. The van der Waals surface area contributed by atoms with Gasteiger partial charge in [-0.15, -0.1) is 0 Å². The third-order valence-corrected chi connectivity index (χ3v) is 18.2. The zero-order valence-electron chi connectivity index (χ0n) is 32.9. The predicted molar refractivity (Wildman–Crippen MR) is 194 cm³/mol. The van der Waals surface area contributed by atoms with Crippen molar-refractivity contribution in [3.05, 3.63) is 0 Å². The Bertz CT molecular complexity index is 1330. The van der Waals surface area contributed by atoms with Crippen LogP contribution in [-0.2, 0) is 28.7 Å². The van der Waals surface area contributed by atoms with Gasteiger partial charge in [-0.05, 0) is 163 Å². The van der Waals surface area contributed by atoms with E-state index >= 15 is 0 Å². The first-order chi connectivity index (χ1) is 23.4. The van der Waals surface area contributed by atoms with Crippen LogP contribution in [0.25, 0.3) is 0 Å². The summed E-state index contributed by atoms with van der Waals surface area (Å²) in [5, 5.41) is 0. The molecule has 12 atom stereocenters. The Kier molecular flexibility index (Phi) is 8.71. The van der Waals surface area contributed by atoms with Gasteiger partial charge >= 0.3 is 11.9 Å². The first-order valence-corrected chi connectivity index (χ1v) is 20.8. The van der Waals surface area contributed by atoms with Gasteiger partial charge in [0.15, 0.2) is 0 Å². The van der Waals surface area contributed by atoms with Crippen LogP contribution < -0.4 is 0 Å². The summed E-state index contributed by atoms with van der Waals surface area (Å²) < 4.78 is 11.0. The zero-order chi connectivity index (χ0) is 36.2. The van der Waals surface area contributed by atoms with Crippen molar-refractivity contribution in [3.63, 3.8) is 0 Å². The lowest BCUT2D eigenvalue weighted by molar-refractivity contribution is -0.187. The van der Waals surface area contributed by atoms with E-state index in [1.807, 2.05) is 13.8 Å². The molecule has 0 saturated heterocycles. The lowest BCUT2D eigenvalue weighted by atomic mass is 9.40. The summed E-state index contributed by atoms with van der Waals surface area (Å²) in [6.45, 7) is 18.4. The van der Waals surface area contributed by atoms with Crippen LogP contribution in [-0.4, -0.2) is 36.7 Å². The topological polar surface area (TPSA) is 86.7 Å². The van der Waals surface area contributed by atoms with Gasteiger partial charge in [-0.3, -0.25) is 19.2 Å². The number of hydrogen-bond donors (Lipinski definition) is 0. The average Bonchev–Trinajstić information content (AvgIpc) is 3.35. The minimum atomic E-state index is -0.339. The van der Waals surface area contributed by atoms with Crippen LogP contribution in [0.5, 0.6) is 0 Å². The van der Waals surface area contributed by atoms with Crippen LogP contribution in [0.3, 0.4) is 0 Å². The van der Waals surface area contributed by atoms with Crippen LogP contribution in [0, 0.1) is 67.0 Å². The number of carbonyl (C=O) groups excluding carboxylic acids is 4. The van der Waals surface area contributed by atoms with Gasteiger partial charge in [0.1, 0.15) is 11.6 Å². The molecule has 0 aromatic carbocycles. The average molecular weight is 693 g/mol. The van der Waals surface area contributed by atoms with Crippen molar-refractivity contribution in [2.24, 2.45) is 67.0 Å². The number of esters is 2. The van der Waals surface area contributed by atoms with Crippen molar-refractivity contribution in [1.29, 1.82) is 0 Å². The molecule has 4 bridgehead atoms. The van der Waals surface area contributed by atoms with Crippen molar-refractivity contribution >= 4 is 23.5 Å². The summed E-state index contributed by atoms with van der Waals surface area (Å²) in [5.74, 6) is 3.09. The van der Waals surface area contributed by atoms with Crippen LogP contribution in [0.1, 0.15) is 171 Å². The summed E-state index contributed by atoms with van der Waals surface area (Å²) in [5.41, 5.74) is 0.0258. The fourth-order valence-electron chi connectivity index (χ4n) is 16.1. The Balaban J connectivity index is 0.000000157. The molecule has 280 valence electrons. The molecule has 50 heavy (non-hydrogen) atoms. The number of Topliss-reactive ketones (excluding diaryl/α,β-unsaturated/α-hetero) is 2. The maximum absolute atomic E-state index is 12.9. The second kappa shape index (κ2) is 11.9. The predicted octanol–water partition coefficient (Wildman–Crippen LogP) is 9.84. The van der Waals surface area contributed by atoms with E-state index in [2.05, 4.69) is 41.5 Å². The molecule has 6 heteroatoms. The zero-order valence-corrected chi connectivity index (χ0v) is 32.9. The van der Waals surface area contributed by atoms with Gasteiger partial charge in [0.2, 0.25) is 0 Å². The second-order valence-corrected chi connectivity index (χ2v) is 20.8. The Morgan fingerprint density at radius 1 is 0.540 bits per heavy atom. The van der Waals surface area contributed by atoms with Crippen molar-refractivity contribution in [2.75, 3.05) is 13.2 Å². The number of ether oxygens (including phenoxy) is 2. The molecule has 0 unspecified atom stereocenters. The molecule has 8 rings (SSSR count). The van der Waals surface area contributed by atoms with E-state index in [4.69, 9.17) is 9.47 Å². The van der Waals surface area contributed by atoms with Gasteiger partial charge < -0.3 is 9.47 Å². The van der Waals surface area contributed by atoms with Crippen LogP contribution in [0.2, 0.25) is 0 Å². The van der Waals surface area contributed by atoms with Crippen LogP contribution in [0.15, 0.2) is 0 Å². The van der Waals surface area contributed by atoms with Crippen molar-refractivity contribution < 1.29 is 28.7 Å². The maximum atomic E-state index is 12.9. The first kappa shape index (κ1) is 36.6. The molecule has 0 aliphatic heterocycles. The van der Waals surface area contributed by atoms with Gasteiger partial charge in [0.25, 0.3) is 0 Å². The van der Waals surface area contributed by atoms with Crippen molar-refractivity contribution in [3.8, 4) is 0 Å². The quantitative estimate of drug-likeness (QED) is 0.273. The normalized spacial score (nSPS) is 51.6. The van der Waals surface area contributed by atoms with E-state index in [0.29, 0.717) is 48.5 Å². The van der Waals surface area contributed by atoms with E-state index in [0.717, 1.165) is 89.9 Å². The molecule has 8 aliphatic rings. The molecule has 2 spiro atoms. The van der Waals surface area contributed by atoms with Gasteiger partial charge in [0.05, 0.1) is 24.0 Å². The third-order valence-electron chi connectivity index (χ3n) is 18.2. The molecular formula is C44H68O6. The van der Waals surface area contributed by atoms with Gasteiger partial charge in [0, 0.05) is 23.7 Å². The molecule has 8 aliphatic carbocycles. The highest BCUT2D eigenvalue weighted by molar-refractivity contribution is 5.89. The third kappa shape index (κ3) is 4.96. The molecule has 0 heterocycles. The van der Waals surface area contributed by atoms with Crippen molar-refractivity contribution in [1.82, 2.24) is 0 Å². The summed E-state index contributed by atoms with van der Waals surface area (Å²) in [6.07, 6.45) is 19.3. The number of rotatable bonds is 4. The Morgan fingerprint density at radius 3 is 1.26 bits per heavy atom. The van der Waals surface area contributed by atoms with Gasteiger partial charge in [-0.25, -0.2) is 0 Å². The standard InChI is InChI=1S/2C22H34O3/c2*1-5-25-18(24)21(4)10-6-9-20(3)15(21)8-12-22-13-17(23)19(2,14-22)11-7-16(20)22/h2*15-16H,5-14H2,1-4H3/t2*15-,16-,19-,20+,21+,22-/m00/s1. The SMILES string of the molecule is CCOC(=O)[C@]1(C)CCC[C@@]2(C)[C@@H]3CC[C@@]4(C)C[C@]3(CC[C@@H]21)CC4=O.CCOC(=O)[C@]1(C)CCC[C@@]2(C)[C@@H]3CC[C@@]4(C)C[C@]3(CC[C@@H]21)CC4=O. The number of hydrogen-bond acceptors (Lipinski definition) is 6. The molecule has 0 aromatic heterocycles. The Hall–Kier alpha value is -1.72. The Morgan fingerprint density at radius 2 is 0.900 bits per heavy atom. The molecule has 0 amide bonds. The maximum Gasteiger partial charge on any atom is 0.312 e. The van der Waals surface area contributed by atoms with Gasteiger partial charge in [-0.1, -0.05) is 40.5 Å². The van der Waals surface area contributed by atoms with Crippen LogP contribution in [0.4, 0.5) is 0 Å². The highest BCUT2D eigenvalue weighted by Gasteiger charge is 2.70. The summed E-state index contributed by atoms with van der Waals surface area (Å²) in [4.78, 5) is 51.2. The summed E-state index contributed by atoms with van der Waals surface area (Å²) in [6, 6.07) is 0. The minimum Gasteiger partial charge on any atom is -0.466 e. The van der Waals surface area contributed by atoms with E-state index in [-0.39, 0.29) is 55.3 Å². The molecule has 0 aromatic rings. The second-order valence-electron chi connectivity index (χ2n) is 20.8. The first-order valence-electron chi connectivity index (χ1n) is 20.8. The largest absolute Gasteiger partial charge is 0.466 e.